The highest BCUT2D eigenvalue weighted by atomic mass is 32.1. The van der Waals surface area contributed by atoms with E-state index in [9.17, 15) is 9.59 Å². The molecule has 100 valence electrons. The molecule has 5 nitrogen and oxygen atoms in total. The molecule has 0 saturated carbocycles. The number of fused-ring (bicyclic) bond motifs is 1. The molecule has 1 N–H and O–H groups in total. The van der Waals surface area contributed by atoms with Gasteiger partial charge in [0.1, 0.15) is 10.7 Å². The lowest BCUT2D eigenvalue weighted by Crippen LogP contribution is -2.25. The summed E-state index contributed by atoms with van der Waals surface area (Å²) >= 11 is 1.19. The Kier molecular flexibility index (Phi) is 3.80. The van der Waals surface area contributed by atoms with E-state index in [1.54, 1.807) is 6.08 Å². The van der Waals surface area contributed by atoms with Crippen LogP contribution in [0, 0.1) is 0 Å². The third-order valence-electron chi connectivity index (χ3n) is 2.79. The van der Waals surface area contributed by atoms with Crippen molar-refractivity contribution in [1.29, 1.82) is 0 Å². The summed E-state index contributed by atoms with van der Waals surface area (Å²) in [5.74, 6) is -0.419. The van der Waals surface area contributed by atoms with Crippen LogP contribution in [0.4, 0.5) is 0 Å². The second kappa shape index (κ2) is 5.36. The maximum atomic E-state index is 12.4. The molecule has 0 radical (unpaired) electrons. The summed E-state index contributed by atoms with van der Waals surface area (Å²) in [5.41, 5.74) is -0.273. The van der Waals surface area contributed by atoms with Gasteiger partial charge >= 0.3 is 5.97 Å². The van der Waals surface area contributed by atoms with Gasteiger partial charge in [0.05, 0.1) is 10.9 Å². The van der Waals surface area contributed by atoms with Gasteiger partial charge in [-0.3, -0.25) is 9.36 Å². The second-order valence-corrected chi connectivity index (χ2v) is 4.98. The monoisotopic (exact) mass is 278 g/mol. The van der Waals surface area contributed by atoms with Crippen LogP contribution >= 0.6 is 11.3 Å². The van der Waals surface area contributed by atoms with Crippen molar-refractivity contribution >= 4 is 27.5 Å². The molecule has 0 atom stereocenters. The Balaban J connectivity index is 2.79. The van der Waals surface area contributed by atoms with E-state index in [-0.39, 0.29) is 16.5 Å². The van der Waals surface area contributed by atoms with Crippen molar-refractivity contribution in [3.8, 4) is 0 Å². The molecule has 2 heterocycles. The van der Waals surface area contributed by atoms with E-state index in [4.69, 9.17) is 5.11 Å². The van der Waals surface area contributed by atoms with Crippen molar-refractivity contribution in [3.05, 3.63) is 39.8 Å². The fourth-order valence-electron chi connectivity index (χ4n) is 1.96. The molecule has 6 heteroatoms. The Hall–Kier alpha value is -1.95. The van der Waals surface area contributed by atoms with E-state index in [1.807, 2.05) is 6.92 Å². The molecule has 2 rings (SSSR count). The van der Waals surface area contributed by atoms with E-state index in [1.165, 1.54) is 21.3 Å². The Labute approximate surface area is 113 Å². The van der Waals surface area contributed by atoms with Gasteiger partial charge in [-0.15, -0.1) is 17.9 Å². The van der Waals surface area contributed by atoms with Gasteiger partial charge in [0.15, 0.2) is 0 Å². The topological polar surface area (TPSA) is 72.2 Å². The highest BCUT2D eigenvalue weighted by Gasteiger charge is 2.18. The first kappa shape index (κ1) is 13.5. The number of nitrogens with zero attached hydrogens (tertiary/aromatic N) is 2. The smallest absolute Gasteiger partial charge is 0.337 e. The quantitative estimate of drug-likeness (QED) is 0.852. The lowest BCUT2D eigenvalue weighted by molar-refractivity contribution is 0.0699. The van der Waals surface area contributed by atoms with Crippen LogP contribution in [0.15, 0.2) is 22.8 Å². The summed E-state index contributed by atoms with van der Waals surface area (Å²) in [6.45, 7) is 5.97. The first-order chi connectivity index (χ1) is 9.10. The summed E-state index contributed by atoms with van der Waals surface area (Å²) in [4.78, 5) is 28.4. The molecule has 0 bridgehead atoms. The van der Waals surface area contributed by atoms with Gasteiger partial charge in [-0.1, -0.05) is 13.0 Å². The molecule has 0 saturated heterocycles. The van der Waals surface area contributed by atoms with Crippen LogP contribution < -0.4 is 5.56 Å². The maximum absolute atomic E-state index is 12.4. The molecule has 0 aromatic carbocycles. The average Bonchev–Trinajstić information content (AvgIpc) is 2.78. The predicted molar refractivity (Wildman–Crippen MR) is 75.0 cm³/mol. The van der Waals surface area contributed by atoms with Gasteiger partial charge in [0.25, 0.3) is 5.56 Å². The molecule has 2 aromatic rings. The first-order valence-electron chi connectivity index (χ1n) is 5.95. The minimum atomic E-state index is -1.10. The zero-order chi connectivity index (χ0) is 14.0. The Morgan fingerprint density at radius 2 is 2.37 bits per heavy atom. The number of aromatic carboxylic acids is 1. The summed E-state index contributed by atoms with van der Waals surface area (Å²) < 4.78 is 1.50. The van der Waals surface area contributed by atoms with E-state index >= 15 is 0 Å². The number of carboxylic acid groups (broad SMARTS) is 1. The number of hydrogen-bond acceptors (Lipinski definition) is 4. The average molecular weight is 278 g/mol. The molecule has 0 aliphatic rings. The zero-order valence-electron chi connectivity index (χ0n) is 10.5. The normalized spacial score (nSPS) is 10.8. The van der Waals surface area contributed by atoms with Gasteiger partial charge in [-0.2, -0.15) is 0 Å². The molecule has 0 fully saturated rings. The number of thiophene rings is 1. The van der Waals surface area contributed by atoms with Crippen molar-refractivity contribution in [1.82, 2.24) is 9.55 Å². The first-order valence-corrected chi connectivity index (χ1v) is 6.83. The summed E-state index contributed by atoms with van der Waals surface area (Å²) in [6, 6.07) is 0. The van der Waals surface area contributed by atoms with E-state index in [0.29, 0.717) is 23.6 Å². The van der Waals surface area contributed by atoms with Crippen molar-refractivity contribution in [3.63, 3.8) is 0 Å². The van der Waals surface area contributed by atoms with Crippen molar-refractivity contribution in [2.45, 2.75) is 26.3 Å². The van der Waals surface area contributed by atoms with Crippen LogP contribution in [0.3, 0.4) is 0 Å². The number of hydrogen-bond donors (Lipinski definition) is 1. The zero-order valence-corrected chi connectivity index (χ0v) is 11.4. The SMILES string of the molecule is C=CCn1c(CCC)nc2scc(C(=O)O)c2c1=O. The van der Waals surface area contributed by atoms with E-state index in [2.05, 4.69) is 11.6 Å². The molecule has 0 spiro atoms. The molecule has 19 heavy (non-hydrogen) atoms. The van der Waals surface area contributed by atoms with Gasteiger partial charge < -0.3 is 5.11 Å². The Morgan fingerprint density at radius 3 is 2.95 bits per heavy atom. The molecule has 0 unspecified atom stereocenters. The lowest BCUT2D eigenvalue weighted by Gasteiger charge is -2.09. The van der Waals surface area contributed by atoms with Crippen LogP contribution in [0.1, 0.15) is 29.5 Å². The Morgan fingerprint density at radius 1 is 1.63 bits per heavy atom. The second-order valence-electron chi connectivity index (χ2n) is 4.12. The predicted octanol–water partition coefficient (Wildman–Crippen LogP) is 2.29. The maximum Gasteiger partial charge on any atom is 0.337 e. The third-order valence-corrected chi connectivity index (χ3v) is 3.66. The minimum absolute atomic E-state index is 0.0263. The highest BCUT2D eigenvalue weighted by molar-refractivity contribution is 7.17. The summed E-state index contributed by atoms with van der Waals surface area (Å²) in [5, 5.41) is 10.8. The molecule has 0 aliphatic heterocycles. The Bertz CT molecular complexity index is 700. The van der Waals surface area contributed by atoms with Gasteiger partial charge in [0, 0.05) is 18.3 Å². The molecule has 0 amide bonds. The fourth-order valence-corrected chi connectivity index (χ4v) is 2.88. The van der Waals surface area contributed by atoms with Crippen molar-refractivity contribution in [2.75, 3.05) is 0 Å². The minimum Gasteiger partial charge on any atom is -0.478 e. The van der Waals surface area contributed by atoms with Crippen molar-refractivity contribution in [2.24, 2.45) is 0 Å². The number of allylic oxidation sites excluding steroid dienone is 1. The number of aromatic nitrogens is 2. The summed E-state index contributed by atoms with van der Waals surface area (Å²) in [7, 11) is 0. The van der Waals surface area contributed by atoms with Crippen molar-refractivity contribution < 1.29 is 9.90 Å². The highest BCUT2D eigenvalue weighted by Crippen LogP contribution is 2.22. The van der Waals surface area contributed by atoms with Crippen LogP contribution in [-0.4, -0.2) is 20.6 Å². The molecular formula is C13H14N2O3S. The van der Waals surface area contributed by atoms with Crippen LogP contribution in [0.5, 0.6) is 0 Å². The van der Waals surface area contributed by atoms with E-state index < -0.39 is 5.97 Å². The number of aryl methyl sites for hydroxylation is 1. The van der Waals surface area contributed by atoms with Gasteiger partial charge in [-0.25, -0.2) is 9.78 Å². The summed E-state index contributed by atoms with van der Waals surface area (Å²) in [6.07, 6.45) is 3.16. The van der Waals surface area contributed by atoms with Crippen LogP contribution in [0.2, 0.25) is 0 Å². The molecule has 0 aliphatic carbocycles. The van der Waals surface area contributed by atoms with Gasteiger partial charge in [0.2, 0.25) is 0 Å². The number of carboxylic acids is 1. The molecular weight excluding hydrogens is 264 g/mol. The van der Waals surface area contributed by atoms with Crippen LogP contribution in [0.25, 0.3) is 10.2 Å². The van der Waals surface area contributed by atoms with Gasteiger partial charge in [-0.05, 0) is 6.42 Å². The number of carbonyl (C=O) groups is 1. The largest absolute Gasteiger partial charge is 0.478 e. The molecule has 2 aromatic heterocycles. The van der Waals surface area contributed by atoms with Crippen LogP contribution in [-0.2, 0) is 13.0 Å². The fraction of sp³-hybridized carbons (Fsp3) is 0.308. The lowest BCUT2D eigenvalue weighted by atomic mass is 10.2. The number of rotatable bonds is 5. The third kappa shape index (κ3) is 2.31. The standard InChI is InChI=1S/C13H14N2O3S/c1-3-5-9-14-11-10(8(7-19-11)13(17)18)12(16)15(9)6-4-2/h4,7H,2-3,5-6H2,1H3,(H,17,18). The van der Waals surface area contributed by atoms with E-state index in [0.717, 1.165) is 6.42 Å².